The number of morpholine rings is 1. The first-order chi connectivity index (χ1) is 9.44. The molecule has 2 rings (SSSR count). The number of halogens is 1. The van der Waals surface area contributed by atoms with Gasteiger partial charge in [0.25, 0.3) is 0 Å². The zero-order valence-electron chi connectivity index (χ0n) is 11.4. The van der Waals surface area contributed by atoms with E-state index in [1.54, 1.807) is 0 Å². The summed E-state index contributed by atoms with van der Waals surface area (Å²) in [5, 5.41) is 0. The molecule has 0 spiro atoms. The number of sulfonamides is 1. The summed E-state index contributed by atoms with van der Waals surface area (Å²) in [6, 6.07) is 5.45. The Morgan fingerprint density at radius 2 is 2.10 bits per heavy atom. The van der Waals surface area contributed by atoms with E-state index >= 15 is 0 Å². The van der Waals surface area contributed by atoms with Crippen LogP contribution in [0.5, 0.6) is 0 Å². The molecular formula is C13H19FN2O3S. The third-order valence-electron chi connectivity index (χ3n) is 3.14. The maximum absolute atomic E-state index is 12.8. The topological polar surface area (TPSA) is 58.6 Å². The van der Waals surface area contributed by atoms with Crippen molar-refractivity contribution in [2.24, 2.45) is 0 Å². The second-order valence-corrected chi connectivity index (χ2v) is 6.80. The van der Waals surface area contributed by atoms with E-state index in [0.717, 1.165) is 6.54 Å². The van der Waals surface area contributed by atoms with Gasteiger partial charge >= 0.3 is 0 Å². The van der Waals surface area contributed by atoms with Crippen LogP contribution >= 0.6 is 0 Å². The van der Waals surface area contributed by atoms with Crippen LogP contribution in [0, 0.1) is 5.82 Å². The van der Waals surface area contributed by atoms with Crippen LogP contribution in [0.2, 0.25) is 0 Å². The average Bonchev–Trinajstić information content (AvgIpc) is 2.39. The van der Waals surface area contributed by atoms with Gasteiger partial charge in [-0.15, -0.1) is 0 Å². The van der Waals surface area contributed by atoms with Crippen molar-refractivity contribution >= 4 is 10.0 Å². The van der Waals surface area contributed by atoms with Gasteiger partial charge in [-0.05, 0) is 24.7 Å². The fourth-order valence-electron chi connectivity index (χ4n) is 2.06. The van der Waals surface area contributed by atoms with E-state index in [1.807, 2.05) is 7.05 Å². The van der Waals surface area contributed by atoms with E-state index < -0.39 is 10.0 Å². The second-order valence-electron chi connectivity index (χ2n) is 4.99. The molecule has 0 radical (unpaired) electrons. The molecule has 7 heteroatoms. The van der Waals surface area contributed by atoms with Crippen LogP contribution < -0.4 is 4.72 Å². The van der Waals surface area contributed by atoms with E-state index in [4.69, 9.17) is 4.74 Å². The highest BCUT2D eigenvalue weighted by Crippen LogP contribution is 2.07. The number of likely N-dealkylation sites (N-methyl/N-ethyl adjacent to an activating group) is 1. The fraction of sp³-hybridized carbons (Fsp3) is 0.538. The maximum atomic E-state index is 12.8. The van der Waals surface area contributed by atoms with Gasteiger partial charge in [-0.2, -0.15) is 0 Å². The highest BCUT2D eigenvalue weighted by atomic mass is 32.2. The Bertz CT molecular complexity index is 533. The number of hydrogen-bond acceptors (Lipinski definition) is 4. The smallest absolute Gasteiger partial charge is 0.215 e. The molecule has 1 aliphatic heterocycles. The Balaban J connectivity index is 1.86. The molecule has 0 amide bonds. The van der Waals surface area contributed by atoms with Crippen molar-refractivity contribution in [3.8, 4) is 0 Å². The third-order valence-corrected chi connectivity index (χ3v) is 4.46. The van der Waals surface area contributed by atoms with Crippen molar-refractivity contribution in [3.05, 3.63) is 35.6 Å². The van der Waals surface area contributed by atoms with E-state index in [9.17, 15) is 12.8 Å². The largest absolute Gasteiger partial charge is 0.374 e. The normalized spacial score (nSPS) is 21.0. The second kappa shape index (κ2) is 6.62. The molecule has 1 aliphatic rings. The molecule has 0 saturated carbocycles. The van der Waals surface area contributed by atoms with Gasteiger partial charge in [0.1, 0.15) is 5.82 Å². The molecule has 1 fully saturated rings. The Morgan fingerprint density at radius 1 is 1.40 bits per heavy atom. The fourth-order valence-corrected chi connectivity index (χ4v) is 3.23. The summed E-state index contributed by atoms with van der Waals surface area (Å²) in [5.74, 6) is -0.534. The first-order valence-corrected chi connectivity index (χ1v) is 8.12. The quantitative estimate of drug-likeness (QED) is 0.864. The average molecular weight is 302 g/mol. The van der Waals surface area contributed by atoms with Gasteiger partial charge < -0.3 is 9.64 Å². The molecule has 112 valence electrons. The lowest BCUT2D eigenvalue weighted by molar-refractivity contribution is -0.0156. The van der Waals surface area contributed by atoms with Crippen molar-refractivity contribution < 1.29 is 17.5 Å². The number of nitrogens with one attached hydrogen (secondary N) is 1. The molecule has 1 atom stereocenters. The van der Waals surface area contributed by atoms with Crippen molar-refractivity contribution in [3.63, 3.8) is 0 Å². The minimum absolute atomic E-state index is 0.128. The number of benzene rings is 1. The molecule has 20 heavy (non-hydrogen) atoms. The van der Waals surface area contributed by atoms with Gasteiger partial charge in [0, 0.05) is 19.6 Å². The SMILES string of the molecule is CN1CCOC(CNS(=O)(=O)Cc2ccc(F)cc2)C1. The van der Waals surface area contributed by atoms with E-state index in [0.29, 0.717) is 18.7 Å². The number of hydrogen-bond donors (Lipinski definition) is 1. The number of ether oxygens (including phenoxy) is 1. The van der Waals surface area contributed by atoms with E-state index in [1.165, 1.54) is 24.3 Å². The highest BCUT2D eigenvalue weighted by molar-refractivity contribution is 7.88. The molecule has 1 aromatic carbocycles. The van der Waals surface area contributed by atoms with Crippen LogP contribution in [0.15, 0.2) is 24.3 Å². The van der Waals surface area contributed by atoms with Gasteiger partial charge in [0.2, 0.25) is 10.0 Å². The minimum atomic E-state index is -3.44. The third kappa shape index (κ3) is 4.82. The Kier molecular flexibility index (Phi) is 5.09. The summed E-state index contributed by atoms with van der Waals surface area (Å²) in [6.07, 6.45) is -0.128. The monoisotopic (exact) mass is 302 g/mol. The lowest BCUT2D eigenvalue weighted by Crippen LogP contribution is -2.46. The predicted octanol–water partition coefficient (Wildman–Crippen LogP) is 0.576. The summed E-state index contributed by atoms with van der Waals surface area (Å²) in [6.45, 7) is 2.44. The maximum Gasteiger partial charge on any atom is 0.215 e. The van der Waals surface area contributed by atoms with Gasteiger partial charge in [-0.1, -0.05) is 12.1 Å². The lowest BCUT2D eigenvalue weighted by Gasteiger charge is -2.30. The van der Waals surface area contributed by atoms with E-state index in [2.05, 4.69) is 9.62 Å². The molecule has 0 aromatic heterocycles. The molecule has 0 bridgehead atoms. The lowest BCUT2D eigenvalue weighted by atomic mass is 10.2. The zero-order chi connectivity index (χ0) is 14.6. The molecule has 1 saturated heterocycles. The Hall–Kier alpha value is -1.02. The van der Waals surface area contributed by atoms with Crippen LogP contribution in [-0.2, 0) is 20.5 Å². The standard InChI is InChI=1S/C13H19FN2O3S/c1-16-6-7-19-13(9-16)8-15-20(17,18)10-11-2-4-12(14)5-3-11/h2-5,13,15H,6-10H2,1H3. The van der Waals surface area contributed by atoms with Gasteiger partial charge in [0.05, 0.1) is 18.5 Å². The molecule has 1 heterocycles. The first kappa shape index (κ1) is 15.4. The van der Waals surface area contributed by atoms with Crippen molar-refractivity contribution in [2.75, 3.05) is 33.3 Å². The molecule has 1 N–H and O–H groups in total. The van der Waals surface area contributed by atoms with Gasteiger partial charge in [0.15, 0.2) is 0 Å². The van der Waals surface area contributed by atoms with Gasteiger partial charge in [-0.25, -0.2) is 17.5 Å². The van der Waals surface area contributed by atoms with Crippen molar-refractivity contribution in [1.82, 2.24) is 9.62 Å². The Morgan fingerprint density at radius 3 is 2.75 bits per heavy atom. The molecular weight excluding hydrogens is 283 g/mol. The first-order valence-electron chi connectivity index (χ1n) is 6.46. The van der Waals surface area contributed by atoms with Crippen molar-refractivity contribution in [1.29, 1.82) is 0 Å². The van der Waals surface area contributed by atoms with Crippen LogP contribution in [0.1, 0.15) is 5.56 Å². The van der Waals surface area contributed by atoms with Crippen LogP contribution in [0.4, 0.5) is 4.39 Å². The molecule has 1 aromatic rings. The minimum Gasteiger partial charge on any atom is -0.374 e. The van der Waals surface area contributed by atoms with Crippen LogP contribution in [-0.4, -0.2) is 52.7 Å². The molecule has 5 nitrogen and oxygen atoms in total. The number of nitrogens with zero attached hydrogens (tertiary/aromatic N) is 1. The Labute approximate surface area is 118 Å². The van der Waals surface area contributed by atoms with Crippen LogP contribution in [0.25, 0.3) is 0 Å². The summed E-state index contributed by atoms with van der Waals surface area (Å²) in [7, 11) is -1.46. The summed E-state index contributed by atoms with van der Waals surface area (Å²) >= 11 is 0. The van der Waals surface area contributed by atoms with Crippen molar-refractivity contribution in [2.45, 2.75) is 11.9 Å². The number of rotatable bonds is 5. The summed E-state index contributed by atoms with van der Waals surface area (Å²) in [4.78, 5) is 2.10. The van der Waals surface area contributed by atoms with E-state index in [-0.39, 0.29) is 24.2 Å². The zero-order valence-corrected chi connectivity index (χ0v) is 12.2. The van der Waals surface area contributed by atoms with Gasteiger partial charge in [-0.3, -0.25) is 0 Å². The summed E-state index contributed by atoms with van der Waals surface area (Å²) < 4.78 is 44.7. The molecule has 0 aliphatic carbocycles. The highest BCUT2D eigenvalue weighted by Gasteiger charge is 2.20. The predicted molar refractivity (Wildman–Crippen MR) is 74.3 cm³/mol. The molecule has 1 unspecified atom stereocenters. The summed E-state index contributed by atoms with van der Waals surface area (Å²) in [5.41, 5.74) is 0.556. The van der Waals surface area contributed by atoms with Crippen LogP contribution in [0.3, 0.4) is 0 Å².